The molecular weight excluding hydrogens is 269 g/mol. The molecule has 21 heavy (non-hydrogen) atoms. The van der Waals surface area contributed by atoms with Crippen LogP contribution in [0.3, 0.4) is 0 Å². The fraction of sp³-hybridized carbons (Fsp3) is 0. The van der Waals surface area contributed by atoms with Gasteiger partial charge in [0, 0.05) is 16.2 Å². The van der Waals surface area contributed by atoms with E-state index in [1.54, 1.807) is 12.1 Å². The van der Waals surface area contributed by atoms with Crippen molar-refractivity contribution in [3.63, 3.8) is 0 Å². The standard InChI is InChI=1S/C16H10FN3O/c17-10-5-6-13-9(7-10)8-14(21-13)15-11-3-1-2-4-12(11)16(18)20-19-15/h1-8H,(H2,18,20). The molecule has 0 saturated carbocycles. The number of halogens is 1. The number of anilines is 1. The van der Waals surface area contributed by atoms with Gasteiger partial charge in [0.25, 0.3) is 0 Å². The van der Waals surface area contributed by atoms with Crippen molar-refractivity contribution in [2.24, 2.45) is 0 Å². The van der Waals surface area contributed by atoms with Crippen LogP contribution in [0.5, 0.6) is 0 Å². The average molecular weight is 279 g/mol. The minimum Gasteiger partial charge on any atom is -0.454 e. The Balaban J connectivity index is 2.02. The number of nitrogens with two attached hydrogens (primary N) is 1. The molecule has 0 amide bonds. The van der Waals surface area contributed by atoms with E-state index in [2.05, 4.69) is 10.2 Å². The highest BCUT2D eigenvalue weighted by atomic mass is 19.1. The molecule has 0 aliphatic rings. The third kappa shape index (κ3) is 1.82. The number of rotatable bonds is 1. The van der Waals surface area contributed by atoms with Crippen LogP contribution in [0.2, 0.25) is 0 Å². The zero-order valence-corrected chi connectivity index (χ0v) is 10.9. The molecule has 5 heteroatoms. The first-order valence-electron chi connectivity index (χ1n) is 6.43. The summed E-state index contributed by atoms with van der Waals surface area (Å²) in [6.07, 6.45) is 0. The first kappa shape index (κ1) is 11.8. The topological polar surface area (TPSA) is 64.9 Å². The molecule has 4 rings (SSSR count). The lowest BCUT2D eigenvalue weighted by Gasteiger charge is -2.03. The van der Waals surface area contributed by atoms with Crippen LogP contribution >= 0.6 is 0 Å². The number of nitrogen functional groups attached to an aromatic ring is 1. The Kier molecular flexibility index (Phi) is 2.41. The lowest BCUT2D eigenvalue weighted by atomic mass is 10.1. The third-order valence-electron chi connectivity index (χ3n) is 3.43. The van der Waals surface area contributed by atoms with E-state index < -0.39 is 0 Å². The minimum atomic E-state index is -0.303. The number of furan rings is 1. The van der Waals surface area contributed by atoms with Gasteiger partial charge >= 0.3 is 0 Å². The molecule has 4 nitrogen and oxygen atoms in total. The predicted molar refractivity (Wildman–Crippen MR) is 79.1 cm³/mol. The summed E-state index contributed by atoms with van der Waals surface area (Å²) in [5, 5.41) is 10.5. The third-order valence-corrected chi connectivity index (χ3v) is 3.43. The molecule has 0 aliphatic carbocycles. The summed E-state index contributed by atoms with van der Waals surface area (Å²) in [5.41, 5.74) is 7.04. The second-order valence-corrected chi connectivity index (χ2v) is 4.77. The largest absolute Gasteiger partial charge is 0.454 e. The van der Waals surface area contributed by atoms with Gasteiger partial charge in [0.1, 0.15) is 17.1 Å². The Morgan fingerprint density at radius 2 is 1.76 bits per heavy atom. The zero-order valence-electron chi connectivity index (χ0n) is 10.9. The predicted octanol–water partition coefficient (Wildman–Crippen LogP) is 3.76. The Labute approximate surface area is 119 Å². The zero-order chi connectivity index (χ0) is 14.4. The highest BCUT2D eigenvalue weighted by Crippen LogP contribution is 2.32. The number of hydrogen-bond acceptors (Lipinski definition) is 4. The van der Waals surface area contributed by atoms with E-state index in [1.165, 1.54) is 12.1 Å². The lowest BCUT2D eigenvalue weighted by molar-refractivity contribution is 0.617. The molecule has 0 spiro atoms. The molecule has 0 fully saturated rings. The molecule has 102 valence electrons. The van der Waals surface area contributed by atoms with Crippen molar-refractivity contribution in [3.05, 3.63) is 54.3 Å². The second kappa shape index (κ2) is 4.28. The van der Waals surface area contributed by atoms with Crippen molar-refractivity contribution < 1.29 is 8.81 Å². The van der Waals surface area contributed by atoms with Crippen LogP contribution in [0.15, 0.2) is 52.9 Å². The van der Waals surface area contributed by atoms with Gasteiger partial charge in [-0.1, -0.05) is 24.3 Å². The Hall–Kier alpha value is -2.95. The lowest BCUT2D eigenvalue weighted by Crippen LogP contribution is -1.96. The second-order valence-electron chi connectivity index (χ2n) is 4.77. The summed E-state index contributed by atoms with van der Waals surface area (Å²) in [6, 6.07) is 13.7. The smallest absolute Gasteiger partial charge is 0.156 e. The van der Waals surface area contributed by atoms with Crippen molar-refractivity contribution in [3.8, 4) is 11.5 Å². The van der Waals surface area contributed by atoms with Crippen LogP contribution in [0.1, 0.15) is 0 Å². The molecule has 4 aromatic rings. The van der Waals surface area contributed by atoms with Gasteiger partial charge in [-0.05, 0) is 24.3 Å². The average Bonchev–Trinajstić information content (AvgIpc) is 2.90. The monoisotopic (exact) mass is 279 g/mol. The Bertz CT molecular complexity index is 978. The fourth-order valence-corrected chi connectivity index (χ4v) is 2.44. The van der Waals surface area contributed by atoms with Crippen molar-refractivity contribution in [2.45, 2.75) is 0 Å². The number of fused-ring (bicyclic) bond motifs is 2. The summed E-state index contributed by atoms with van der Waals surface area (Å²) in [4.78, 5) is 0. The molecule has 2 aromatic carbocycles. The van der Waals surface area contributed by atoms with Crippen molar-refractivity contribution in [1.82, 2.24) is 10.2 Å². The highest BCUT2D eigenvalue weighted by molar-refractivity contribution is 5.99. The SMILES string of the molecule is Nc1nnc(-c2cc3cc(F)ccc3o2)c2ccccc12. The molecule has 2 heterocycles. The van der Waals surface area contributed by atoms with Crippen LogP contribution in [0.4, 0.5) is 10.2 Å². The fourth-order valence-electron chi connectivity index (χ4n) is 2.44. The summed E-state index contributed by atoms with van der Waals surface area (Å²) in [7, 11) is 0. The molecule has 0 unspecified atom stereocenters. The molecule has 0 aliphatic heterocycles. The van der Waals surface area contributed by atoms with Crippen molar-refractivity contribution in [2.75, 3.05) is 5.73 Å². The number of aromatic nitrogens is 2. The minimum absolute atomic E-state index is 0.303. The van der Waals surface area contributed by atoms with E-state index in [-0.39, 0.29) is 5.82 Å². The molecular formula is C16H10FN3O. The summed E-state index contributed by atoms with van der Waals surface area (Å²) in [5.74, 6) is 0.610. The van der Waals surface area contributed by atoms with E-state index in [4.69, 9.17) is 10.2 Å². The molecule has 0 saturated heterocycles. The molecule has 2 N–H and O–H groups in total. The van der Waals surface area contributed by atoms with E-state index >= 15 is 0 Å². The normalized spacial score (nSPS) is 11.3. The first-order chi connectivity index (χ1) is 10.2. The van der Waals surface area contributed by atoms with Gasteiger partial charge in [-0.3, -0.25) is 0 Å². The Morgan fingerprint density at radius 1 is 0.952 bits per heavy atom. The van der Waals surface area contributed by atoms with Crippen LogP contribution in [-0.4, -0.2) is 10.2 Å². The maximum atomic E-state index is 13.3. The van der Waals surface area contributed by atoms with E-state index in [9.17, 15) is 4.39 Å². The van der Waals surface area contributed by atoms with Gasteiger partial charge in [0.15, 0.2) is 11.6 Å². The molecule has 0 atom stereocenters. The Morgan fingerprint density at radius 3 is 2.62 bits per heavy atom. The van der Waals surface area contributed by atoms with Gasteiger partial charge in [0.05, 0.1) is 0 Å². The molecule has 0 radical (unpaired) electrons. The quantitative estimate of drug-likeness (QED) is 0.576. The maximum absolute atomic E-state index is 13.3. The van der Waals surface area contributed by atoms with Crippen LogP contribution in [0, 0.1) is 5.82 Å². The first-order valence-corrected chi connectivity index (χ1v) is 6.43. The van der Waals surface area contributed by atoms with Gasteiger partial charge in [-0.15, -0.1) is 10.2 Å². The maximum Gasteiger partial charge on any atom is 0.156 e. The summed E-state index contributed by atoms with van der Waals surface area (Å²) >= 11 is 0. The van der Waals surface area contributed by atoms with Crippen molar-refractivity contribution in [1.29, 1.82) is 0 Å². The number of nitrogens with zero attached hydrogens (tertiary/aromatic N) is 2. The molecule has 0 bridgehead atoms. The summed E-state index contributed by atoms with van der Waals surface area (Å²) in [6.45, 7) is 0. The number of benzene rings is 2. The summed E-state index contributed by atoms with van der Waals surface area (Å²) < 4.78 is 19.0. The van der Waals surface area contributed by atoms with Gasteiger partial charge in [-0.25, -0.2) is 4.39 Å². The number of hydrogen-bond donors (Lipinski definition) is 1. The van der Waals surface area contributed by atoms with E-state index in [0.29, 0.717) is 28.2 Å². The molecule has 2 aromatic heterocycles. The van der Waals surface area contributed by atoms with Crippen LogP contribution < -0.4 is 5.73 Å². The van der Waals surface area contributed by atoms with E-state index in [1.807, 2.05) is 24.3 Å². The van der Waals surface area contributed by atoms with Gasteiger partial charge < -0.3 is 10.2 Å². The highest BCUT2D eigenvalue weighted by Gasteiger charge is 2.13. The van der Waals surface area contributed by atoms with Crippen molar-refractivity contribution >= 4 is 27.6 Å². The van der Waals surface area contributed by atoms with E-state index in [0.717, 1.165) is 10.8 Å². The van der Waals surface area contributed by atoms with Gasteiger partial charge in [-0.2, -0.15) is 0 Å². The van der Waals surface area contributed by atoms with Crippen LogP contribution in [-0.2, 0) is 0 Å². The van der Waals surface area contributed by atoms with Crippen LogP contribution in [0.25, 0.3) is 33.2 Å². The van der Waals surface area contributed by atoms with Gasteiger partial charge in [0.2, 0.25) is 0 Å².